The first-order chi connectivity index (χ1) is 14.3. The molecule has 30 heavy (non-hydrogen) atoms. The number of carbonyl (C=O) groups is 2. The largest absolute Gasteiger partial charge is 0.497 e. The first-order valence-corrected chi connectivity index (χ1v) is 9.08. The molecule has 0 aliphatic rings. The predicted molar refractivity (Wildman–Crippen MR) is 112 cm³/mol. The number of halogens is 1. The topological polar surface area (TPSA) is 108 Å². The van der Waals surface area contributed by atoms with Crippen LogP contribution in [-0.2, 0) is 9.59 Å². The van der Waals surface area contributed by atoms with Gasteiger partial charge in [0.2, 0.25) is 6.04 Å². The van der Waals surface area contributed by atoms with Gasteiger partial charge in [0.05, 0.1) is 34.1 Å². The summed E-state index contributed by atoms with van der Waals surface area (Å²) in [4.78, 5) is 24.8. The zero-order valence-electron chi connectivity index (χ0n) is 17.2. The van der Waals surface area contributed by atoms with Crippen LogP contribution in [0.25, 0.3) is 0 Å². The lowest BCUT2D eigenvalue weighted by molar-refractivity contribution is -0.126. The molecule has 1 atom stereocenters. The summed E-state index contributed by atoms with van der Waals surface area (Å²) >= 11 is 6.25. The molecule has 0 radical (unpaired) electrons. The Morgan fingerprint density at radius 3 is 2.17 bits per heavy atom. The Morgan fingerprint density at radius 1 is 0.933 bits per heavy atom. The fourth-order valence-electron chi connectivity index (χ4n) is 2.44. The highest BCUT2D eigenvalue weighted by atomic mass is 35.5. The molecule has 0 fully saturated rings. The number of nitrogens with one attached hydrogen (secondary N) is 1. The number of Topliss-reactive ketones (excluding diaryl/α,β-unsaturated/α-hetero) is 1. The molecule has 1 unspecified atom stereocenters. The number of benzene rings is 2. The Morgan fingerprint density at radius 2 is 1.60 bits per heavy atom. The molecule has 0 aliphatic carbocycles. The van der Waals surface area contributed by atoms with Gasteiger partial charge in [-0.3, -0.25) is 9.59 Å². The summed E-state index contributed by atoms with van der Waals surface area (Å²) in [5.74, 6) is 0.406. The van der Waals surface area contributed by atoms with E-state index in [1.807, 2.05) is 0 Å². The van der Waals surface area contributed by atoms with Crippen LogP contribution in [0.1, 0.15) is 6.92 Å². The SMILES string of the molecule is COc1ccc(OC)c(N=NC(C(C)=O)C(=O)Nc2cc(OC)cc(OC)c2Cl)c1. The molecule has 0 spiro atoms. The number of carbonyl (C=O) groups excluding carboxylic acids is 2. The van der Waals surface area contributed by atoms with Crippen molar-refractivity contribution in [1.29, 1.82) is 0 Å². The van der Waals surface area contributed by atoms with Gasteiger partial charge in [0.25, 0.3) is 5.91 Å². The minimum absolute atomic E-state index is 0.153. The van der Waals surface area contributed by atoms with Crippen LogP contribution < -0.4 is 24.3 Å². The molecule has 1 amide bonds. The fourth-order valence-corrected chi connectivity index (χ4v) is 2.68. The van der Waals surface area contributed by atoms with Crippen molar-refractivity contribution >= 4 is 34.7 Å². The predicted octanol–water partition coefficient (Wildman–Crippen LogP) is 4.05. The minimum atomic E-state index is -1.41. The molecule has 0 saturated heterocycles. The van der Waals surface area contributed by atoms with Crippen molar-refractivity contribution in [1.82, 2.24) is 0 Å². The Kier molecular flexibility index (Phi) is 7.99. The number of hydrogen-bond acceptors (Lipinski definition) is 8. The van der Waals surface area contributed by atoms with Crippen LogP contribution in [0.2, 0.25) is 5.02 Å². The molecule has 0 heterocycles. The third-order valence-electron chi connectivity index (χ3n) is 4.03. The highest BCUT2D eigenvalue weighted by Crippen LogP contribution is 2.37. The molecule has 9 nitrogen and oxygen atoms in total. The zero-order valence-corrected chi connectivity index (χ0v) is 17.9. The van der Waals surface area contributed by atoms with E-state index in [9.17, 15) is 9.59 Å². The lowest BCUT2D eigenvalue weighted by Crippen LogP contribution is -2.32. The average Bonchev–Trinajstić information content (AvgIpc) is 2.74. The number of anilines is 1. The highest BCUT2D eigenvalue weighted by molar-refractivity contribution is 6.35. The first kappa shape index (κ1) is 23.0. The monoisotopic (exact) mass is 435 g/mol. The van der Waals surface area contributed by atoms with Crippen molar-refractivity contribution in [3.8, 4) is 23.0 Å². The van der Waals surface area contributed by atoms with Gasteiger partial charge in [-0.05, 0) is 19.1 Å². The lowest BCUT2D eigenvalue weighted by atomic mass is 10.2. The standard InChI is InChI=1S/C20H22ClN3O6/c1-11(25)19(24-23-14-8-12(27-2)6-7-16(14)29-4)20(26)22-15-9-13(28-3)10-17(30-5)18(15)21/h6-10,19H,1-5H3,(H,22,26). The number of methoxy groups -OCH3 is 4. The van der Waals surface area contributed by atoms with Crippen molar-refractivity contribution in [3.05, 3.63) is 35.4 Å². The van der Waals surface area contributed by atoms with Crippen molar-refractivity contribution in [2.45, 2.75) is 13.0 Å². The van der Waals surface area contributed by atoms with Crippen LogP contribution >= 0.6 is 11.6 Å². The van der Waals surface area contributed by atoms with Crippen LogP contribution in [0.15, 0.2) is 40.6 Å². The maximum absolute atomic E-state index is 12.7. The molecular formula is C20H22ClN3O6. The van der Waals surface area contributed by atoms with Crippen LogP contribution in [0, 0.1) is 0 Å². The summed E-state index contributed by atoms with van der Waals surface area (Å²) in [7, 11) is 5.86. The molecule has 2 aromatic carbocycles. The lowest BCUT2D eigenvalue weighted by Gasteiger charge is -2.14. The molecular weight excluding hydrogens is 414 g/mol. The Hall–Kier alpha value is -3.33. The van der Waals surface area contributed by atoms with Crippen LogP contribution in [0.3, 0.4) is 0 Å². The number of amides is 1. The van der Waals surface area contributed by atoms with Crippen molar-refractivity contribution in [2.24, 2.45) is 10.2 Å². The third kappa shape index (κ3) is 5.38. The van der Waals surface area contributed by atoms with Gasteiger partial charge in [-0.15, -0.1) is 0 Å². The van der Waals surface area contributed by atoms with Crippen molar-refractivity contribution in [3.63, 3.8) is 0 Å². The molecule has 0 bridgehead atoms. The quantitative estimate of drug-likeness (QED) is 0.470. The van der Waals surface area contributed by atoms with Gasteiger partial charge < -0.3 is 24.3 Å². The molecule has 160 valence electrons. The van der Waals surface area contributed by atoms with E-state index in [1.54, 1.807) is 24.3 Å². The average molecular weight is 436 g/mol. The summed E-state index contributed by atoms with van der Waals surface area (Å²) < 4.78 is 20.7. The van der Waals surface area contributed by atoms with Gasteiger partial charge in [0.15, 0.2) is 5.78 Å². The van der Waals surface area contributed by atoms with E-state index >= 15 is 0 Å². The minimum Gasteiger partial charge on any atom is -0.497 e. The van der Waals surface area contributed by atoms with Gasteiger partial charge in [0, 0.05) is 18.2 Å². The van der Waals surface area contributed by atoms with Crippen molar-refractivity contribution in [2.75, 3.05) is 33.8 Å². The van der Waals surface area contributed by atoms with E-state index in [0.717, 1.165) is 0 Å². The Labute approximate surface area is 178 Å². The molecule has 10 heteroatoms. The van der Waals surface area contributed by atoms with Crippen molar-refractivity contribution < 1.29 is 28.5 Å². The van der Waals surface area contributed by atoms with Gasteiger partial charge in [-0.25, -0.2) is 0 Å². The van der Waals surface area contributed by atoms with Gasteiger partial charge in [-0.1, -0.05) is 11.6 Å². The van der Waals surface area contributed by atoms with Crippen LogP contribution in [-0.4, -0.2) is 46.2 Å². The second-order valence-corrected chi connectivity index (χ2v) is 6.32. The molecule has 0 saturated carbocycles. The van der Waals surface area contributed by atoms with Gasteiger partial charge in [0.1, 0.15) is 33.7 Å². The van der Waals surface area contributed by atoms with E-state index in [0.29, 0.717) is 28.7 Å². The summed E-state index contributed by atoms with van der Waals surface area (Å²) in [6, 6.07) is 6.55. The maximum atomic E-state index is 12.7. The highest BCUT2D eigenvalue weighted by Gasteiger charge is 2.25. The summed E-state index contributed by atoms with van der Waals surface area (Å²) in [6.07, 6.45) is 0. The Balaban J connectivity index is 2.33. The third-order valence-corrected chi connectivity index (χ3v) is 4.42. The maximum Gasteiger partial charge on any atom is 0.258 e. The fraction of sp³-hybridized carbons (Fsp3) is 0.300. The van der Waals surface area contributed by atoms with Crippen LogP contribution in [0.5, 0.6) is 23.0 Å². The van der Waals surface area contributed by atoms with E-state index < -0.39 is 17.7 Å². The number of ether oxygens (including phenoxy) is 4. The normalized spacial score (nSPS) is 11.7. The molecule has 2 rings (SSSR count). The number of nitrogens with zero attached hydrogens (tertiary/aromatic N) is 2. The molecule has 2 aromatic rings. The molecule has 0 aliphatic heterocycles. The van der Waals surface area contributed by atoms with Crippen LogP contribution in [0.4, 0.5) is 11.4 Å². The Bertz CT molecular complexity index is 964. The van der Waals surface area contributed by atoms with E-state index in [4.69, 9.17) is 30.5 Å². The zero-order chi connectivity index (χ0) is 22.3. The summed E-state index contributed by atoms with van der Waals surface area (Å²) in [6.45, 7) is 1.24. The van der Waals surface area contributed by atoms with Gasteiger partial charge in [-0.2, -0.15) is 10.2 Å². The van der Waals surface area contributed by atoms with E-state index in [1.165, 1.54) is 41.4 Å². The number of rotatable bonds is 9. The summed E-state index contributed by atoms with van der Waals surface area (Å²) in [5.41, 5.74) is 0.509. The number of ketones is 1. The smallest absolute Gasteiger partial charge is 0.258 e. The van der Waals surface area contributed by atoms with Gasteiger partial charge >= 0.3 is 0 Å². The second-order valence-electron chi connectivity index (χ2n) is 5.95. The van der Waals surface area contributed by atoms with E-state index in [-0.39, 0.29) is 10.7 Å². The second kappa shape index (κ2) is 10.4. The number of hydrogen-bond donors (Lipinski definition) is 1. The first-order valence-electron chi connectivity index (χ1n) is 8.70. The number of azo groups is 1. The van der Waals surface area contributed by atoms with E-state index in [2.05, 4.69) is 15.5 Å². The summed E-state index contributed by atoms with van der Waals surface area (Å²) in [5, 5.41) is 10.6. The molecule has 0 aromatic heterocycles. The molecule has 1 N–H and O–H groups in total.